The van der Waals surface area contributed by atoms with Crippen LogP contribution >= 0.6 is 11.6 Å². The third kappa shape index (κ3) is 4.02. The van der Waals surface area contributed by atoms with E-state index in [4.69, 9.17) is 16.3 Å². The van der Waals surface area contributed by atoms with Crippen molar-refractivity contribution in [1.82, 2.24) is 0 Å². The van der Waals surface area contributed by atoms with Gasteiger partial charge in [0.25, 0.3) is 5.92 Å². The minimum Gasteiger partial charge on any atom is -0.370 e. The number of rotatable bonds is 6. The Hall–Kier alpha value is -0.990. The Balaban J connectivity index is 2.08. The Morgan fingerprint density at radius 3 is 2.57 bits per heavy atom. The van der Waals surface area contributed by atoms with Crippen LogP contribution in [0.25, 0.3) is 0 Å². The fourth-order valence-corrected chi connectivity index (χ4v) is 2.87. The van der Waals surface area contributed by atoms with Crippen molar-refractivity contribution in [1.29, 1.82) is 0 Å². The molecular formula is C12H13ClF3NO3S. The molecular weight excluding hydrogens is 331 g/mol. The molecule has 1 aromatic carbocycles. The minimum absolute atomic E-state index is 0.124. The first-order valence-corrected chi connectivity index (χ1v) is 8.26. The molecule has 1 atom stereocenters. The second kappa shape index (κ2) is 5.66. The highest BCUT2D eigenvalue weighted by Crippen LogP contribution is 2.44. The molecule has 9 heteroatoms. The van der Waals surface area contributed by atoms with Gasteiger partial charge < -0.3 is 4.74 Å². The summed E-state index contributed by atoms with van der Waals surface area (Å²) in [6.07, 6.45) is -0.664. The smallest absolute Gasteiger partial charge is 0.276 e. The standard InChI is InChI=1S/C12H13ClF3NO3S/c1-21(18,19)17(4-5-20-11-7-12(11,15)16)10-3-2-8(13)6-9(10)14/h2-3,6,11H,4-5,7H2,1H3. The Labute approximate surface area is 125 Å². The van der Waals surface area contributed by atoms with Crippen LogP contribution in [0.5, 0.6) is 0 Å². The predicted octanol–water partition coefficient (Wildman–Crippen LogP) is 2.67. The first-order valence-electron chi connectivity index (χ1n) is 6.03. The average Bonchev–Trinajstić information content (AvgIpc) is 2.92. The highest BCUT2D eigenvalue weighted by Gasteiger charge is 2.58. The van der Waals surface area contributed by atoms with Gasteiger partial charge >= 0.3 is 0 Å². The van der Waals surface area contributed by atoms with Crippen LogP contribution in [0.2, 0.25) is 5.02 Å². The second-order valence-electron chi connectivity index (χ2n) is 4.76. The van der Waals surface area contributed by atoms with Crippen LogP contribution < -0.4 is 4.31 Å². The third-order valence-corrected chi connectivity index (χ3v) is 4.38. The number of ether oxygens (including phenoxy) is 1. The van der Waals surface area contributed by atoms with Gasteiger partial charge in [-0.25, -0.2) is 21.6 Å². The molecule has 1 saturated carbocycles. The lowest BCUT2D eigenvalue weighted by molar-refractivity contribution is 0.0163. The summed E-state index contributed by atoms with van der Waals surface area (Å²) in [5.74, 6) is -3.66. The summed E-state index contributed by atoms with van der Waals surface area (Å²) < 4.78 is 68.2. The van der Waals surface area contributed by atoms with E-state index in [0.29, 0.717) is 0 Å². The Kier molecular flexibility index (Phi) is 4.41. The number of benzene rings is 1. The SMILES string of the molecule is CS(=O)(=O)N(CCOC1CC1(F)F)c1ccc(Cl)cc1F. The summed E-state index contributed by atoms with van der Waals surface area (Å²) >= 11 is 5.61. The van der Waals surface area contributed by atoms with E-state index >= 15 is 0 Å². The summed E-state index contributed by atoms with van der Waals surface area (Å²) in [6, 6.07) is 3.53. The van der Waals surface area contributed by atoms with E-state index in [-0.39, 0.29) is 30.3 Å². The number of halogens is 4. The Morgan fingerprint density at radius 2 is 2.10 bits per heavy atom. The molecule has 0 heterocycles. The highest BCUT2D eigenvalue weighted by atomic mass is 35.5. The first kappa shape index (κ1) is 16.4. The zero-order valence-electron chi connectivity index (χ0n) is 11.0. The van der Waals surface area contributed by atoms with Crippen LogP contribution in [-0.2, 0) is 14.8 Å². The topological polar surface area (TPSA) is 46.6 Å². The van der Waals surface area contributed by atoms with Crippen molar-refractivity contribution in [2.75, 3.05) is 23.7 Å². The lowest BCUT2D eigenvalue weighted by Gasteiger charge is -2.22. The van der Waals surface area contributed by atoms with Gasteiger partial charge in [-0.05, 0) is 18.2 Å². The number of sulfonamides is 1. The fourth-order valence-electron chi connectivity index (χ4n) is 1.80. The maximum Gasteiger partial charge on any atom is 0.276 e. The van der Waals surface area contributed by atoms with Gasteiger partial charge in [0, 0.05) is 11.4 Å². The van der Waals surface area contributed by atoms with Crippen molar-refractivity contribution in [2.45, 2.75) is 18.4 Å². The lowest BCUT2D eigenvalue weighted by Crippen LogP contribution is -2.34. The molecule has 4 nitrogen and oxygen atoms in total. The molecule has 0 aliphatic heterocycles. The van der Waals surface area contributed by atoms with Gasteiger partial charge in [0.05, 0.1) is 25.1 Å². The summed E-state index contributed by atoms with van der Waals surface area (Å²) in [7, 11) is -3.78. The maximum atomic E-state index is 13.8. The molecule has 2 rings (SSSR count). The van der Waals surface area contributed by atoms with Crippen molar-refractivity contribution in [2.24, 2.45) is 0 Å². The van der Waals surface area contributed by atoms with Gasteiger partial charge in [-0.15, -0.1) is 0 Å². The van der Waals surface area contributed by atoms with Crippen LogP contribution in [-0.4, -0.2) is 39.9 Å². The van der Waals surface area contributed by atoms with Gasteiger partial charge in [-0.3, -0.25) is 4.31 Å². The van der Waals surface area contributed by atoms with Crippen LogP contribution in [0.15, 0.2) is 18.2 Å². The maximum absolute atomic E-state index is 13.8. The molecule has 0 spiro atoms. The summed E-state index contributed by atoms with van der Waals surface area (Å²) in [6.45, 7) is -0.515. The number of alkyl halides is 2. The zero-order chi connectivity index (χ0) is 15.8. The summed E-state index contributed by atoms with van der Waals surface area (Å²) in [5, 5.41) is 0.124. The number of nitrogens with zero attached hydrogens (tertiary/aromatic N) is 1. The predicted molar refractivity (Wildman–Crippen MR) is 72.9 cm³/mol. The molecule has 0 aromatic heterocycles. The number of hydrogen-bond donors (Lipinski definition) is 0. The van der Waals surface area contributed by atoms with Gasteiger partial charge in [0.1, 0.15) is 11.9 Å². The molecule has 21 heavy (non-hydrogen) atoms. The Bertz CT molecular complexity index is 639. The minimum atomic E-state index is -3.78. The molecule has 0 bridgehead atoms. The number of anilines is 1. The van der Waals surface area contributed by atoms with Crippen molar-refractivity contribution < 1.29 is 26.3 Å². The number of hydrogen-bond acceptors (Lipinski definition) is 3. The van der Waals surface area contributed by atoms with E-state index in [0.717, 1.165) is 16.6 Å². The van der Waals surface area contributed by atoms with E-state index in [1.165, 1.54) is 12.1 Å². The molecule has 1 fully saturated rings. The third-order valence-electron chi connectivity index (χ3n) is 2.96. The average molecular weight is 344 g/mol. The van der Waals surface area contributed by atoms with Crippen LogP contribution in [0, 0.1) is 5.82 Å². The van der Waals surface area contributed by atoms with E-state index in [2.05, 4.69) is 0 Å². The van der Waals surface area contributed by atoms with E-state index in [1.807, 2.05) is 0 Å². The fraction of sp³-hybridized carbons (Fsp3) is 0.500. The second-order valence-corrected chi connectivity index (χ2v) is 7.10. The lowest BCUT2D eigenvalue weighted by atomic mass is 10.3. The highest BCUT2D eigenvalue weighted by molar-refractivity contribution is 7.92. The van der Waals surface area contributed by atoms with Crippen molar-refractivity contribution in [3.8, 4) is 0 Å². The van der Waals surface area contributed by atoms with Crippen LogP contribution in [0.4, 0.5) is 18.9 Å². The molecule has 0 radical (unpaired) electrons. The van der Waals surface area contributed by atoms with Gasteiger partial charge in [0.15, 0.2) is 0 Å². The van der Waals surface area contributed by atoms with Crippen LogP contribution in [0.1, 0.15) is 6.42 Å². The van der Waals surface area contributed by atoms with Crippen molar-refractivity contribution in [3.63, 3.8) is 0 Å². The van der Waals surface area contributed by atoms with Gasteiger partial charge in [-0.2, -0.15) is 0 Å². The molecule has 0 saturated heterocycles. The Morgan fingerprint density at radius 1 is 1.48 bits per heavy atom. The summed E-state index contributed by atoms with van der Waals surface area (Å²) in [5.41, 5.74) is -0.201. The van der Waals surface area contributed by atoms with Gasteiger partial charge in [0.2, 0.25) is 10.0 Å². The largest absolute Gasteiger partial charge is 0.370 e. The molecule has 1 aromatic rings. The molecule has 1 unspecified atom stereocenters. The van der Waals surface area contributed by atoms with Crippen molar-refractivity contribution in [3.05, 3.63) is 29.0 Å². The van der Waals surface area contributed by atoms with E-state index < -0.39 is 27.9 Å². The van der Waals surface area contributed by atoms with Gasteiger partial charge in [-0.1, -0.05) is 11.6 Å². The molecule has 0 N–H and O–H groups in total. The quantitative estimate of drug-likeness (QED) is 0.798. The van der Waals surface area contributed by atoms with Crippen LogP contribution in [0.3, 0.4) is 0 Å². The van der Waals surface area contributed by atoms with E-state index in [9.17, 15) is 21.6 Å². The normalized spacial score (nSPS) is 20.3. The molecule has 1 aliphatic rings. The monoisotopic (exact) mass is 343 g/mol. The first-order chi connectivity index (χ1) is 9.61. The molecule has 0 amide bonds. The molecule has 1 aliphatic carbocycles. The van der Waals surface area contributed by atoms with E-state index in [1.54, 1.807) is 0 Å². The van der Waals surface area contributed by atoms with Crippen molar-refractivity contribution >= 4 is 27.3 Å². The molecule has 118 valence electrons. The zero-order valence-corrected chi connectivity index (χ0v) is 12.6. The summed E-state index contributed by atoms with van der Waals surface area (Å²) in [4.78, 5) is 0.